The molecule has 1 saturated carbocycles. The molecule has 2 atom stereocenters. The Morgan fingerprint density at radius 2 is 2.06 bits per heavy atom. The molecular weight excluding hydrogens is 226 g/mol. The predicted molar refractivity (Wildman–Crippen MR) is 74.9 cm³/mol. The third kappa shape index (κ3) is 3.35. The van der Waals surface area contributed by atoms with Gasteiger partial charge < -0.3 is 15.7 Å². The van der Waals surface area contributed by atoms with Crippen molar-refractivity contribution in [1.29, 1.82) is 0 Å². The highest BCUT2D eigenvalue weighted by atomic mass is 16.3. The van der Waals surface area contributed by atoms with Gasteiger partial charge in [0, 0.05) is 25.1 Å². The first-order chi connectivity index (χ1) is 8.83. The van der Waals surface area contributed by atoms with Crippen molar-refractivity contribution in [3.8, 4) is 0 Å². The molecule has 0 aliphatic heterocycles. The Morgan fingerprint density at radius 1 is 1.28 bits per heavy atom. The van der Waals surface area contributed by atoms with Crippen LogP contribution in [0.5, 0.6) is 0 Å². The predicted octanol–water partition coefficient (Wildman–Crippen LogP) is 2.48. The first kappa shape index (κ1) is 13.1. The summed E-state index contributed by atoms with van der Waals surface area (Å²) in [6.07, 6.45) is 4.70. The summed E-state index contributed by atoms with van der Waals surface area (Å²) in [5.74, 6) is 2.17. The van der Waals surface area contributed by atoms with E-state index < -0.39 is 0 Å². The molecule has 0 spiro atoms. The van der Waals surface area contributed by atoms with E-state index in [-0.39, 0.29) is 6.61 Å². The second kappa shape index (κ2) is 6.59. The zero-order valence-electron chi connectivity index (χ0n) is 11.0. The number of nitrogens with one attached hydrogen (secondary N) is 2. The van der Waals surface area contributed by atoms with Crippen LogP contribution in [0.3, 0.4) is 0 Å². The SMILES string of the molecule is CCNc1cccc(NC2CCCCC2CO)n1. The van der Waals surface area contributed by atoms with Gasteiger partial charge in [-0.15, -0.1) is 0 Å². The molecule has 0 radical (unpaired) electrons. The summed E-state index contributed by atoms with van der Waals surface area (Å²) in [7, 11) is 0. The van der Waals surface area contributed by atoms with Crippen LogP contribution in [0, 0.1) is 5.92 Å². The van der Waals surface area contributed by atoms with Crippen LogP contribution in [0.4, 0.5) is 11.6 Å². The summed E-state index contributed by atoms with van der Waals surface area (Å²) in [5.41, 5.74) is 0. The van der Waals surface area contributed by atoms with E-state index in [1.54, 1.807) is 0 Å². The van der Waals surface area contributed by atoms with Crippen LogP contribution in [0.2, 0.25) is 0 Å². The Kier molecular flexibility index (Phi) is 4.81. The topological polar surface area (TPSA) is 57.2 Å². The Hall–Kier alpha value is -1.29. The fraction of sp³-hybridized carbons (Fsp3) is 0.643. The van der Waals surface area contributed by atoms with Gasteiger partial charge in [-0.25, -0.2) is 4.98 Å². The maximum atomic E-state index is 9.41. The fourth-order valence-electron chi connectivity index (χ4n) is 2.60. The van der Waals surface area contributed by atoms with Gasteiger partial charge in [0.15, 0.2) is 0 Å². The van der Waals surface area contributed by atoms with Gasteiger partial charge in [0.25, 0.3) is 0 Å². The lowest BCUT2D eigenvalue weighted by Gasteiger charge is -2.31. The molecule has 3 N–H and O–H groups in total. The molecule has 1 aromatic heterocycles. The number of hydrogen-bond acceptors (Lipinski definition) is 4. The van der Waals surface area contributed by atoms with Crippen LogP contribution < -0.4 is 10.6 Å². The molecule has 1 aliphatic rings. The second-order valence-electron chi connectivity index (χ2n) is 4.92. The highest BCUT2D eigenvalue weighted by Crippen LogP contribution is 2.26. The molecule has 0 amide bonds. The van der Waals surface area contributed by atoms with Crippen LogP contribution >= 0.6 is 0 Å². The van der Waals surface area contributed by atoms with E-state index in [9.17, 15) is 5.11 Å². The number of rotatable bonds is 5. The van der Waals surface area contributed by atoms with Gasteiger partial charge in [-0.3, -0.25) is 0 Å². The molecule has 4 nitrogen and oxygen atoms in total. The number of aliphatic hydroxyl groups is 1. The summed E-state index contributed by atoms with van der Waals surface area (Å²) in [5, 5.41) is 16.1. The van der Waals surface area contributed by atoms with E-state index in [0.29, 0.717) is 12.0 Å². The van der Waals surface area contributed by atoms with E-state index in [1.165, 1.54) is 12.8 Å². The van der Waals surface area contributed by atoms with E-state index in [4.69, 9.17) is 0 Å². The molecule has 1 aliphatic carbocycles. The second-order valence-corrected chi connectivity index (χ2v) is 4.92. The van der Waals surface area contributed by atoms with Gasteiger partial charge in [0.1, 0.15) is 11.6 Å². The maximum absolute atomic E-state index is 9.41. The molecule has 0 bridgehead atoms. The Morgan fingerprint density at radius 3 is 2.83 bits per heavy atom. The lowest BCUT2D eigenvalue weighted by molar-refractivity contribution is 0.178. The molecular formula is C14H23N3O. The summed E-state index contributed by atoms with van der Waals surface area (Å²) in [4.78, 5) is 4.52. The van der Waals surface area contributed by atoms with Crippen LogP contribution in [0.15, 0.2) is 18.2 Å². The molecule has 0 aromatic carbocycles. The first-order valence-electron chi connectivity index (χ1n) is 6.91. The van der Waals surface area contributed by atoms with Gasteiger partial charge in [-0.2, -0.15) is 0 Å². The highest BCUT2D eigenvalue weighted by Gasteiger charge is 2.24. The molecule has 0 saturated heterocycles. The minimum atomic E-state index is 0.268. The van der Waals surface area contributed by atoms with Gasteiger partial charge in [0.05, 0.1) is 0 Å². The van der Waals surface area contributed by atoms with E-state index in [2.05, 4.69) is 22.5 Å². The Bertz CT molecular complexity index is 370. The minimum absolute atomic E-state index is 0.268. The molecule has 2 rings (SSSR count). The number of pyridine rings is 1. The normalized spacial score (nSPS) is 23.7. The Balaban J connectivity index is 2.00. The monoisotopic (exact) mass is 249 g/mol. The molecule has 2 unspecified atom stereocenters. The minimum Gasteiger partial charge on any atom is -0.396 e. The standard InChI is InChI=1S/C14H23N3O/c1-2-15-13-8-5-9-14(17-13)16-12-7-4-3-6-11(12)10-18/h5,8-9,11-12,18H,2-4,6-7,10H2,1H3,(H2,15,16,17). The molecule has 1 aromatic rings. The van der Waals surface area contributed by atoms with Gasteiger partial charge in [-0.1, -0.05) is 18.9 Å². The molecule has 1 heterocycles. The largest absolute Gasteiger partial charge is 0.396 e. The number of aliphatic hydroxyl groups excluding tert-OH is 1. The average molecular weight is 249 g/mol. The van der Waals surface area contributed by atoms with Crippen molar-refractivity contribution in [3.05, 3.63) is 18.2 Å². The smallest absolute Gasteiger partial charge is 0.128 e. The van der Waals surface area contributed by atoms with Crippen molar-refractivity contribution in [1.82, 2.24) is 4.98 Å². The lowest BCUT2D eigenvalue weighted by atomic mass is 9.85. The zero-order chi connectivity index (χ0) is 12.8. The van der Waals surface area contributed by atoms with Crippen molar-refractivity contribution in [2.75, 3.05) is 23.8 Å². The summed E-state index contributed by atoms with van der Waals surface area (Å²) in [6.45, 7) is 3.20. The van der Waals surface area contributed by atoms with Gasteiger partial charge >= 0.3 is 0 Å². The maximum Gasteiger partial charge on any atom is 0.128 e. The lowest BCUT2D eigenvalue weighted by Crippen LogP contribution is -2.34. The average Bonchev–Trinajstić information content (AvgIpc) is 2.40. The number of hydrogen-bond donors (Lipinski definition) is 3. The zero-order valence-corrected chi connectivity index (χ0v) is 11.0. The van der Waals surface area contributed by atoms with Gasteiger partial charge in [-0.05, 0) is 31.9 Å². The quantitative estimate of drug-likeness (QED) is 0.750. The van der Waals surface area contributed by atoms with Crippen molar-refractivity contribution in [3.63, 3.8) is 0 Å². The molecule has 100 valence electrons. The van der Waals surface area contributed by atoms with Crippen molar-refractivity contribution in [2.45, 2.75) is 38.6 Å². The molecule has 18 heavy (non-hydrogen) atoms. The van der Waals surface area contributed by atoms with Crippen LogP contribution in [-0.2, 0) is 0 Å². The van der Waals surface area contributed by atoms with E-state index in [0.717, 1.165) is 31.0 Å². The highest BCUT2D eigenvalue weighted by molar-refractivity contribution is 5.45. The van der Waals surface area contributed by atoms with Crippen LogP contribution in [-0.4, -0.2) is 29.3 Å². The third-order valence-electron chi connectivity index (χ3n) is 3.58. The Labute approximate surface area is 109 Å². The number of nitrogens with zero attached hydrogens (tertiary/aromatic N) is 1. The summed E-state index contributed by atoms with van der Waals surface area (Å²) < 4.78 is 0. The van der Waals surface area contributed by atoms with E-state index >= 15 is 0 Å². The first-order valence-corrected chi connectivity index (χ1v) is 6.91. The molecule has 4 heteroatoms. The van der Waals surface area contributed by atoms with Gasteiger partial charge in [0.2, 0.25) is 0 Å². The number of aromatic nitrogens is 1. The summed E-state index contributed by atoms with van der Waals surface area (Å²) >= 11 is 0. The fourth-order valence-corrected chi connectivity index (χ4v) is 2.60. The van der Waals surface area contributed by atoms with E-state index in [1.807, 2.05) is 18.2 Å². The van der Waals surface area contributed by atoms with Crippen molar-refractivity contribution < 1.29 is 5.11 Å². The van der Waals surface area contributed by atoms with Crippen molar-refractivity contribution >= 4 is 11.6 Å². The summed E-state index contributed by atoms with van der Waals surface area (Å²) in [6, 6.07) is 6.32. The van der Waals surface area contributed by atoms with Crippen molar-refractivity contribution in [2.24, 2.45) is 5.92 Å². The van der Waals surface area contributed by atoms with Crippen LogP contribution in [0.1, 0.15) is 32.6 Å². The third-order valence-corrected chi connectivity index (χ3v) is 3.58. The van der Waals surface area contributed by atoms with Crippen LogP contribution in [0.25, 0.3) is 0 Å². The molecule has 1 fully saturated rings. The number of anilines is 2.